The zero-order chi connectivity index (χ0) is 11.8. The molecule has 1 fully saturated rings. The number of rotatable bonds is 5. The first-order valence-corrected chi connectivity index (χ1v) is 6.33. The first kappa shape index (κ1) is 13.5. The van der Waals surface area contributed by atoms with Crippen LogP contribution in [-0.4, -0.2) is 48.7 Å². The van der Waals surface area contributed by atoms with Gasteiger partial charge in [0.2, 0.25) is 5.91 Å². The minimum atomic E-state index is 0.107. The summed E-state index contributed by atoms with van der Waals surface area (Å²) in [4.78, 5) is 13.4. The summed E-state index contributed by atoms with van der Waals surface area (Å²) in [6.45, 7) is 2.25. The van der Waals surface area contributed by atoms with E-state index in [1.54, 1.807) is 7.05 Å². The molecule has 1 heterocycles. The van der Waals surface area contributed by atoms with E-state index < -0.39 is 0 Å². The number of carbonyl (C=O) groups excluding carboxylic acids is 1. The van der Waals surface area contributed by atoms with Crippen LogP contribution in [0, 0.1) is 0 Å². The molecule has 94 valence electrons. The fourth-order valence-corrected chi connectivity index (χ4v) is 2.31. The topological polar surface area (TPSA) is 52.6 Å². The van der Waals surface area contributed by atoms with Gasteiger partial charge in [0, 0.05) is 19.5 Å². The Balaban J connectivity index is 2.28. The second-order valence-corrected chi connectivity index (χ2v) is 4.50. The van der Waals surface area contributed by atoms with Gasteiger partial charge in [0.05, 0.1) is 6.61 Å². The van der Waals surface area contributed by atoms with Crippen LogP contribution in [0.4, 0.5) is 0 Å². The van der Waals surface area contributed by atoms with Crippen molar-refractivity contribution in [3.05, 3.63) is 0 Å². The van der Waals surface area contributed by atoms with Crippen molar-refractivity contribution in [2.75, 3.05) is 26.7 Å². The monoisotopic (exact) mass is 228 g/mol. The van der Waals surface area contributed by atoms with Crippen molar-refractivity contribution in [2.45, 2.75) is 44.6 Å². The number of amides is 1. The standard InChI is InChI=1S/C12H24N2O2/c1-13-12(16)7-5-9-14-8-4-2-3-6-11(14)10-15/h11,15H,2-10H2,1H3,(H,13,16). The molecular formula is C12H24N2O2. The number of hydrogen-bond acceptors (Lipinski definition) is 3. The smallest absolute Gasteiger partial charge is 0.219 e. The number of aliphatic hydroxyl groups is 1. The SMILES string of the molecule is CNC(=O)CCCN1CCCCCC1CO. The van der Waals surface area contributed by atoms with Gasteiger partial charge in [-0.1, -0.05) is 12.8 Å². The van der Waals surface area contributed by atoms with Crippen LogP contribution >= 0.6 is 0 Å². The molecule has 0 aromatic rings. The largest absolute Gasteiger partial charge is 0.395 e. The predicted molar refractivity (Wildman–Crippen MR) is 64.2 cm³/mol. The van der Waals surface area contributed by atoms with Gasteiger partial charge in [-0.25, -0.2) is 0 Å². The van der Waals surface area contributed by atoms with Gasteiger partial charge in [0.15, 0.2) is 0 Å². The van der Waals surface area contributed by atoms with E-state index in [0.29, 0.717) is 12.5 Å². The summed E-state index contributed by atoms with van der Waals surface area (Å²) in [5.41, 5.74) is 0. The molecule has 1 rings (SSSR count). The Bertz CT molecular complexity index is 209. The molecule has 4 nitrogen and oxygen atoms in total. The Hall–Kier alpha value is -0.610. The minimum Gasteiger partial charge on any atom is -0.395 e. The summed E-state index contributed by atoms with van der Waals surface area (Å²) in [6.07, 6.45) is 6.27. The Kier molecular flexibility index (Phi) is 6.42. The molecule has 16 heavy (non-hydrogen) atoms. The van der Waals surface area contributed by atoms with Crippen LogP contribution in [0.5, 0.6) is 0 Å². The van der Waals surface area contributed by atoms with Crippen molar-refractivity contribution in [3.8, 4) is 0 Å². The van der Waals surface area contributed by atoms with E-state index >= 15 is 0 Å². The van der Waals surface area contributed by atoms with Crippen LogP contribution in [0.1, 0.15) is 38.5 Å². The molecule has 1 aliphatic heterocycles. The molecule has 1 aliphatic rings. The highest BCUT2D eigenvalue weighted by molar-refractivity contribution is 5.75. The molecule has 0 aromatic carbocycles. The molecular weight excluding hydrogens is 204 g/mol. The van der Waals surface area contributed by atoms with Crippen molar-refractivity contribution >= 4 is 5.91 Å². The van der Waals surface area contributed by atoms with E-state index in [-0.39, 0.29) is 12.5 Å². The summed E-state index contributed by atoms with van der Waals surface area (Å²) in [7, 11) is 1.67. The summed E-state index contributed by atoms with van der Waals surface area (Å²) in [6, 6.07) is 0.312. The molecule has 1 saturated heterocycles. The lowest BCUT2D eigenvalue weighted by Gasteiger charge is -2.28. The van der Waals surface area contributed by atoms with E-state index in [1.165, 1.54) is 19.3 Å². The molecule has 0 saturated carbocycles. The number of carbonyl (C=O) groups is 1. The fourth-order valence-electron chi connectivity index (χ4n) is 2.31. The Morgan fingerprint density at radius 3 is 2.94 bits per heavy atom. The average Bonchev–Trinajstić information content (AvgIpc) is 2.53. The van der Waals surface area contributed by atoms with Gasteiger partial charge in [0.1, 0.15) is 0 Å². The van der Waals surface area contributed by atoms with E-state index in [4.69, 9.17) is 0 Å². The lowest BCUT2D eigenvalue weighted by Crippen LogP contribution is -2.38. The highest BCUT2D eigenvalue weighted by atomic mass is 16.3. The van der Waals surface area contributed by atoms with Gasteiger partial charge in [-0.2, -0.15) is 0 Å². The van der Waals surface area contributed by atoms with E-state index in [9.17, 15) is 9.90 Å². The number of nitrogens with one attached hydrogen (secondary N) is 1. The van der Waals surface area contributed by atoms with Crippen molar-refractivity contribution in [3.63, 3.8) is 0 Å². The summed E-state index contributed by atoms with van der Waals surface area (Å²) < 4.78 is 0. The van der Waals surface area contributed by atoms with Gasteiger partial charge < -0.3 is 10.4 Å². The van der Waals surface area contributed by atoms with Crippen molar-refractivity contribution < 1.29 is 9.90 Å². The van der Waals surface area contributed by atoms with Crippen LogP contribution in [0.2, 0.25) is 0 Å². The second kappa shape index (κ2) is 7.63. The maximum absolute atomic E-state index is 11.1. The minimum absolute atomic E-state index is 0.107. The molecule has 0 aliphatic carbocycles. The quantitative estimate of drug-likeness (QED) is 0.730. The first-order valence-electron chi connectivity index (χ1n) is 6.33. The van der Waals surface area contributed by atoms with Gasteiger partial charge in [0.25, 0.3) is 0 Å². The highest BCUT2D eigenvalue weighted by Gasteiger charge is 2.19. The highest BCUT2D eigenvalue weighted by Crippen LogP contribution is 2.16. The first-order chi connectivity index (χ1) is 7.77. The van der Waals surface area contributed by atoms with E-state index in [1.807, 2.05) is 0 Å². The molecule has 1 unspecified atom stereocenters. The second-order valence-electron chi connectivity index (χ2n) is 4.50. The third kappa shape index (κ3) is 4.49. The number of hydrogen-bond donors (Lipinski definition) is 2. The van der Waals surface area contributed by atoms with Crippen LogP contribution in [0.15, 0.2) is 0 Å². The number of likely N-dealkylation sites (tertiary alicyclic amines) is 1. The Labute approximate surface area is 98.0 Å². The van der Waals surface area contributed by atoms with Crippen molar-refractivity contribution in [2.24, 2.45) is 0 Å². The zero-order valence-corrected chi connectivity index (χ0v) is 10.2. The third-order valence-corrected chi connectivity index (χ3v) is 3.34. The van der Waals surface area contributed by atoms with Crippen LogP contribution in [-0.2, 0) is 4.79 Å². The molecule has 2 N–H and O–H groups in total. The lowest BCUT2D eigenvalue weighted by molar-refractivity contribution is -0.120. The molecule has 0 aromatic heterocycles. The molecule has 0 radical (unpaired) electrons. The van der Waals surface area contributed by atoms with Crippen LogP contribution in [0.3, 0.4) is 0 Å². The zero-order valence-electron chi connectivity index (χ0n) is 10.2. The van der Waals surface area contributed by atoms with Gasteiger partial charge in [-0.3, -0.25) is 9.69 Å². The fraction of sp³-hybridized carbons (Fsp3) is 0.917. The molecule has 0 spiro atoms. The van der Waals surface area contributed by atoms with Crippen molar-refractivity contribution in [1.29, 1.82) is 0 Å². The Morgan fingerprint density at radius 1 is 1.44 bits per heavy atom. The van der Waals surface area contributed by atoms with Gasteiger partial charge in [-0.15, -0.1) is 0 Å². The van der Waals surface area contributed by atoms with E-state index in [2.05, 4.69) is 10.2 Å². The van der Waals surface area contributed by atoms with Gasteiger partial charge >= 0.3 is 0 Å². The lowest BCUT2D eigenvalue weighted by atomic mass is 10.1. The average molecular weight is 228 g/mol. The Morgan fingerprint density at radius 2 is 2.25 bits per heavy atom. The van der Waals surface area contributed by atoms with Crippen LogP contribution < -0.4 is 5.32 Å². The summed E-state index contributed by atoms with van der Waals surface area (Å²) in [5.74, 6) is 0.107. The molecule has 0 bridgehead atoms. The molecule has 1 amide bonds. The number of nitrogens with zero attached hydrogens (tertiary/aromatic N) is 1. The van der Waals surface area contributed by atoms with Crippen LogP contribution in [0.25, 0.3) is 0 Å². The molecule has 1 atom stereocenters. The maximum Gasteiger partial charge on any atom is 0.219 e. The van der Waals surface area contributed by atoms with E-state index in [0.717, 1.165) is 25.9 Å². The summed E-state index contributed by atoms with van der Waals surface area (Å²) in [5, 5.41) is 12.0. The summed E-state index contributed by atoms with van der Waals surface area (Å²) >= 11 is 0. The van der Waals surface area contributed by atoms with Crippen molar-refractivity contribution in [1.82, 2.24) is 10.2 Å². The third-order valence-electron chi connectivity index (χ3n) is 3.34. The number of aliphatic hydroxyl groups excluding tert-OH is 1. The van der Waals surface area contributed by atoms with Gasteiger partial charge in [-0.05, 0) is 32.4 Å². The molecule has 4 heteroatoms. The predicted octanol–water partition coefficient (Wildman–Crippen LogP) is 0.749. The normalized spacial score (nSPS) is 22.8. The maximum atomic E-state index is 11.1.